The van der Waals surface area contributed by atoms with Crippen LogP contribution < -0.4 is 10.0 Å². The van der Waals surface area contributed by atoms with Gasteiger partial charge in [0.25, 0.3) is 10.0 Å². The maximum atomic E-state index is 12.6. The fourth-order valence-electron chi connectivity index (χ4n) is 2.51. The normalized spacial score (nSPS) is 13.1. The molecule has 2 N–H and O–H groups in total. The minimum absolute atomic E-state index is 0.0456. The molecule has 0 saturated heterocycles. The highest BCUT2D eigenvalue weighted by Gasteiger charge is 2.22. The summed E-state index contributed by atoms with van der Waals surface area (Å²) in [6.07, 6.45) is 0.150. The molecule has 1 aliphatic rings. The molecule has 130 valence electrons. The summed E-state index contributed by atoms with van der Waals surface area (Å²) in [5.74, 6) is -0.690. The molecule has 0 spiro atoms. The summed E-state index contributed by atoms with van der Waals surface area (Å²) in [4.78, 5) is 23.2. The molecule has 1 heterocycles. The van der Waals surface area contributed by atoms with Crippen LogP contribution in [0.2, 0.25) is 0 Å². The third-order valence-corrected chi connectivity index (χ3v) is 5.02. The molecule has 3 rings (SSSR count). The van der Waals surface area contributed by atoms with E-state index in [1.165, 1.54) is 18.2 Å². The van der Waals surface area contributed by atoms with E-state index >= 15 is 0 Å². The maximum Gasteiger partial charge on any atom is 0.338 e. The van der Waals surface area contributed by atoms with Gasteiger partial charge in [0.2, 0.25) is 5.91 Å². The summed E-state index contributed by atoms with van der Waals surface area (Å²) in [5.41, 5.74) is 1.76. The average molecular weight is 360 g/mol. The highest BCUT2D eigenvalue weighted by Crippen LogP contribution is 2.27. The predicted octanol–water partition coefficient (Wildman–Crippen LogP) is 2.16. The quantitative estimate of drug-likeness (QED) is 0.796. The first-order valence-corrected chi connectivity index (χ1v) is 9.10. The van der Waals surface area contributed by atoms with Gasteiger partial charge in [0.1, 0.15) is 0 Å². The van der Waals surface area contributed by atoms with Crippen LogP contribution in [0, 0.1) is 0 Å². The number of amides is 1. The van der Waals surface area contributed by atoms with E-state index in [2.05, 4.69) is 10.0 Å². The lowest BCUT2D eigenvalue weighted by atomic mass is 10.2. The molecule has 0 aromatic heterocycles. The van der Waals surface area contributed by atoms with E-state index in [-0.39, 0.29) is 35.1 Å². The number of rotatable bonds is 5. The van der Waals surface area contributed by atoms with Crippen molar-refractivity contribution >= 4 is 33.3 Å². The van der Waals surface area contributed by atoms with Crippen LogP contribution in [0.25, 0.3) is 0 Å². The molecule has 7 nitrogen and oxygen atoms in total. The van der Waals surface area contributed by atoms with Crippen molar-refractivity contribution in [3.8, 4) is 0 Å². The Morgan fingerprint density at radius 3 is 2.80 bits per heavy atom. The van der Waals surface area contributed by atoms with Gasteiger partial charge in [-0.2, -0.15) is 0 Å². The van der Waals surface area contributed by atoms with Crippen molar-refractivity contribution in [2.75, 3.05) is 16.6 Å². The summed E-state index contributed by atoms with van der Waals surface area (Å²) < 4.78 is 32.5. The second kappa shape index (κ2) is 6.56. The lowest BCUT2D eigenvalue weighted by Gasteiger charge is -2.10. The van der Waals surface area contributed by atoms with Crippen LogP contribution >= 0.6 is 0 Å². The lowest BCUT2D eigenvalue weighted by Crippen LogP contribution is -2.14. The summed E-state index contributed by atoms with van der Waals surface area (Å²) in [5, 5.41) is 2.65. The number of ether oxygens (including phenoxy) is 1. The molecule has 8 heteroatoms. The number of carbonyl (C=O) groups excluding carboxylic acids is 2. The summed E-state index contributed by atoms with van der Waals surface area (Å²) in [7, 11) is -3.85. The van der Waals surface area contributed by atoms with E-state index in [0.717, 1.165) is 0 Å². The topological polar surface area (TPSA) is 102 Å². The highest BCUT2D eigenvalue weighted by atomic mass is 32.2. The Morgan fingerprint density at radius 1 is 1.24 bits per heavy atom. The van der Waals surface area contributed by atoms with Gasteiger partial charge in [-0.1, -0.05) is 6.07 Å². The molecule has 0 bridgehead atoms. The third-order valence-electron chi connectivity index (χ3n) is 3.64. The van der Waals surface area contributed by atoms with Crippen molar-refractivity contribution in [3.63, 3.8) is 0 Å². The maximum absolute atomic E-state index is 12.6. The number of anilines is 2. The van der Waals surface area contributed by atoms with Gasteiger partial charge in [-0.25, -0.2) is 13.2 Å². The van der Waals surface area contributed by atoms with Gasteiger partial charge in [0.15, 0.2) is 0 Å². The molecule has 0 atom stereocenters. The van der Waals surface area contributed by atoms with Crippen LogP contribution in [0.1, 0.15) is 22.8 Å². The predicted molar refractivity (Wildman–Crippen MR) is 92.0 cm³/mol. The van der Waals surface area contributed by atoms with Crippen molar-refractivity contribution in [1.82, 2.24) is 0 Å². The zero-order valence-electron chi connectivity index (χ0n) is 13.4. The Bertz CT molecular complexity index is 953. The first-order valence-electron chi connectivity index (χ1n) is 7.62. The molecular formula is C17H16N2O5S. The number of carbonyl (C=O) groups is 2. The Kier molecular flexibility index (Phi) is 4.45. The van der Waals surface area contributed by atoms with E-state index < -0.39 is 16.0 Å². The Hall–Kier alpha value is -2.87. The largest absolute Gasteiger partial charge is 0.462 e. The van der Waals surface area contributed by atoms with Crippen molar-refractivity contribution in [2.24, 2.45) is 0 Å². The summed E-state index contributed by atoms with van der Waals surface area (Å²) in [6.45, 7) is 1.93. The van der Waals surface area contributed by atoms with Crippen LogP contribution in [0.15, 0.2) is 47.4 Å². The van der Waals surface area contributed by atoms with Gasteiger partial charge in [-0.3, -0.25) is 9.52 Å². The fraction of sp³-hybridized carbons (Fsp3) is 0.176. The van der Waals surface area contributed by atoms with Crippen LogP contribution in [-0.4, -0.2) is 26.9 Å². The van der Waals surface area contributed by atoms with E-state index in [1.807, 2.05) is 0 Å². The van der Waals surface area contributed by atoms with Crippen molar-refractivity contribution in [1.29, 1.82) is 0 Å². The third kappa shape index (κ3) is 3.63. The number of sulfonamides is 1. The Balaban J connectivity index is 1.85. The molecule has 0 aliphatic carbocycles. The van der Waals surface area contributed by atoms with Crippen LogP contribution in [0.4, 0.5) is 11.4 Å². The molecule has 2 aromatic carbocycles. The summed E-state index contributed by atoms with van der Waals surface area (Å²) in [6, 6.07) is 10.5. The minimum atomic E-state index is -3.85. The minimum Gasteiger partial charge on any atom is -0.462 e. The second-order valence-electron chi connectivity index (χ2n) is 5.45. The monoisotopic (exact) mass is 360 g/mol. The number of hydrogen-bond acceptors (Lipinski definition) is 5. The van der Waals surface area contributed by atoms with Gasteiger partial charge in [-0.05, 0) is 48.9 Å². The van der Waals surface area contributed by atoms with E-state index in [9.17, 15) is 18.0 Å². The number of esters is 1. The lowest BCUT2D eigenvalue weighted by molar-refractivity contribution is -0.115. The van der Waals surface area contributed by atoms with Gasteiger partial charge in [0, 0.05) is 11.4 Å². The summed E-state index contributed by atoms with van der Waals surface area (Å²) >= 11 is 0. The van der Waals surface area contributed by atoms with E-state index in [4.69, 9.17) is 4.74 Å². The zero-order valence-corrected chi connectivity index (χ0v) is 14.2. The fourth-order valence-corrected chi connectivity index (χ4v) is 3.61. The van der Waals surface area contributed by atoms with E-state index in [1.54, 1.807) is 31.2 Å². The highest BCUT2D eigenvalue weighted by molar-refractivity contribution is 7.92. The van der Waals surface area contributed by atoms with Gasteiger partial charge < -0.3 is 10.1 Å². The molecule has 0 unspecified atom stereocenters. The molecule has 0 radical (unpaired) electrons. The number of benzene rings is 2. The van der Waals surface area contributed by atoms with Crippen LogP contribution in [0.5, 0.6) is 0 Å². The standard InChI is InChI=1S/C17H16N2O5S/c1-2-24-17(21)11-4-3-5-13(8-11)19-25(22,23)14-6-7-15-12(9-14)10-16(20)18-15/h3-9,19H,2,10H2,1H3,(H,18,20). The van der Waals surface area contributed by atoms with Gasteiger partial charge in [-0.15, -0.1) is 0 Å². The zero-order chi connectivity index (χ0) is 18.0. The SMILES string of the molecule is CCOC(=O)c1cccc(NS(=O)(=O)c2ccc3c(c2)CC(=O)N3)c1. The van der Waals surface area contributed by atoms with Crippen molar-refractivity contribution in [2.45, 2.75) is 18.2 Å². The molecule has 1 aliphatic heterocycles. The Morgan fingerprint density at radius 2 is 2.04 bits per heavy atom. The van der Waals surface area contributed by atoms with Gasteiger partial charge >= 0.3 is 5.97 Å². The molecular weight excluding hydrogens is 344 g/mol. The number of hydrogen-bond donors (Lipinski definition) is 2. The molecule has 0 fully saturated rings. The van der Waals surface area contributed by atoms with Crippen molar-refractivity contribution in [3.05, 3.63) is 53.6 Å². The molecule has 25 heavy (non-hydrogen) atoms. The smallest absolute Gasteiger partial charge is 0.338 e. The average Bonchev–Trinajstić information content (AvgIpc) is 2.94. The first-order chi connectivity index (χ1) is 11.9. The first kappa shape index (κ1) is 17.0. The number of fused-ring (bicyclic) bond motifs is 1. The molecule has 0 saturated carbocycles. The Labute approximate surface area is 145 Å². The molecule has 2 aromatic rings. The van der Waals surface area contributed by atoms with Crippen LogP contribution in [0.3, 0.4) is 0 Å². The second-order valence-corrected chi connectivity index (χ2v) is 7.13. The molecule has 1 amide bonds. The van der Waals surface area contributed by atoms with Crippen molar-refractivity contribution < 1.29 is 22.7 Å². The van der Waals surface area contributed by atoms with Gasteiger partial charge in [0.05, 0.1) is 23.5 Å². The number of nitrogens with one attached hydrogen (secondary N) is 2. The van der Waals surface area contributed by atoms with E-state index in [0.29, 0.717) is 11.3 Å². The van der Waals surface area contributed by atoms with Crippen LogP contribution in [-0.2, 0) is 26.0 Å².